The zero-order valence-electron chi connectivity index (χ0n) is 8.18. The molecule has 2 saturated carbocycles. The zero-order valence-corrected chi connectivity index (χ0v) is 8.18. The molecule has 0 aromatic rings. The molecule has 0 unspecified atom stereocenters. The van der Waals surface area contributed by atoms with Gasteiger partial charge in [-0.1, -0.05) is 12.8 Å². The van der Waals surface area contributed by atoms with E-state index in [1.807, 2.05) is 0 Å². The van der Waals surface area contributed by atoms with Gasteiger partial charge >= 0.3 is 0 Å². The molecule has 0 atom stereocenters. The first-order chi connectivity index (χ1) is 6.35. The number of nitrogens with one attached hydrogen (secondary N) is 1. The van der Waals surface area contributed by atoms with Gasteiger partial charge in [-0.15, -0.1) is 0 Å². The van der Waals surface area contributed by atoms with Gasteiger partial charge in [-0.05, 0) is 31.1 Å². The maximum atomic E-state index is 8.66. The third kappa shape index (κ3) is 2.22. The smallest absolute Gasteiger partial charge is 0.0628 e. The first-order valence-electron chi connectivity index (χ1n) is 5.45. The molecule has 0 aromatic heterocycles. The minimum atomic E-state index is 0.386. The van der Waals surface area contributed by atoms with Crippen LogP contribution in [0.15, 0.2) is 0 Å². The number of rotatable bonds is 4. The summed E-state index contributed by atoms with van der Waals surface area (Å²) in [6, 6.07) is 3.07. The van der Waals surface area contributed by atoms with E-state index >= 15 is 0 Å². The molecule has 0 spiro atoms. The largest absolute Gasteiger partial charge is 0.313 e. The van der Waals surface area contributed by atoms with Crippen LogP contribution in [-0.4, -0.2) is 12.6 Å². The van der Waals surface area contributed by atoms with Gasteiger partial charge in [0.15, 0.2) is 0 Å². The monoisotopic (exact) mass is 178 g/mol. The SMILES string of the molecule is N#CCC1(CNC2CCCC2)CC1. The molecule has 2 nitrogen and oxygen atoms in total. The standard InChI is InChI=1S/C11H18N2/c12-8-7-11(5-6-11)9-13-10-3-1-2-4-10/h10,13H,1-7,9H2. The fourth-order valence-corrected chi connectivity index (χ4v) is 2.25. The van der Waals surface area contributed by atoms with Gasteiger partial charge in [-0.3, -0.25) is 0 Å². The van der Waals surface area contributed by atoms with E-state index in [0.29, 0.717) is 5.41 Å². The lowest BCUT2D eigenvalue weighted by Crippen LogP contribution is -2.32. The van der Waals surface area contributed by atoms with Crippen LogP contribution in [-0.2, 0) is 0 Å². The summed E-state index contributed by atoms with van der Waals surface area (Å²) in [5, 5.41) is 12.3. The first-order valence-corrected chi connectivity index (χ1v) is 5.45. The van der Waals surface area contributed by atoms with Crippen molar-refractivity contribution < 1.29 is 0 Å². The van der Waals surface area contributed by atoms with E-state index < -0.39 is 0 Å². The van der Waals surface area contributed by atoms with E-state index in [2.05, 4.69) is 11.4 Å². The highest BCUT2D eigenvalue weighted by molar-refractivity contribution is 5.01. The van der Waals surface area contributed by atoms with Crippen molar-refractivity contribution >= 4 is 0 Å². The Morgan fingerprint density at radius 2 is 2.00 bits per heavy atom. The Balaban J connectivity index is 1.70. The second-order valence-electron chi connectivity index (χ2n) is 4.70. The van der Waals surface area contributed by atoms with Gasteiger partial charge in [-0.2, -0.15) is 5.26 Å². The predicted octanol–water partition coefficient (Wildman–Crippen LogP) is 2.21. The molecule has 2 fully saturated rings. The fraction of sp³-hybridized carbons (Fsp3) is 0.909. The van der Waals surface area contributed by atoms with Crippen molar-refractivity contribution in [2.45, 2.75) is 51.0 Å². The Morgan fingerprint density at radius 1 is 1.31 bits per heavy atom. The number of hydrogen-bond acceptors (Lipinski definition) is 2. The van der Waals surface area contributed by atoms with Crippen LogP contribution in [0.5, 0.6) is 0 Å². The van der Waals surface area contributed by atoms with Crippen molar-refractivity contribution in [3.8, 4) is 6.07 Å². The van der Waals surface area contributed by atoms with E-state index in [9.17, 15) is 0 Å². The second-order valence-corrected chi connectivity index (χ2v) is 4.70. The van der Waals surface area contributed by atoms with E-state index in [0.717, 1.165) is 19.0 Å². The predicted molar refractivity (Wildman–Crippen MR) is 52.2 cm³/mol. The molecule has 72 valence electrons. The van der Waals surface area contributed by atoms with Crippen LogP contribution < -0.4 is 5.32 Å². The maximum Gasteiger partial charge on any atom is 0.0628 e. The summed E-state index contributed by atoms with van der Waals surface area (Å²) in [4.78, 5) is 0. The summed E-state index contributed by atoms with van der Waals surface area (Å²) in [7, 11) is 0. The van der Waals surface area contributed by atoms with Crippen LogP contribution >= 0.6 is 0 Å². The number of hydrogen-bond donors (Lipinski definition) is 1. The van der Waals surface area contributed by atoms with Crippen LogP contribution in [0, 0.1) is 16.7 Å². The number of nitriles is 1. The number of nitrogens with zero attached hydrogens (tertiary/aromatic N) is 1. The lowest BCUT2D eigenvalue weighted by molar-refractivity contribution is 0.417. The van der Waals surface area contributed by atoms with E-state index in [1.54, 1.807) is 0 Å². The minimum absolute atomic E-state index is 0.386. The molecule has 2 heteroatoms. The second kappa shape index (κ2) is 3.67. The van der Waals surface area contributed by atoms with Crippen molar-refractivity contribution in [2.24, 2.45) is 5.41 Å². The lowest BCUT2D eigenvalue weighted by Gasteiger charge is -2.16. The van der Waals surface area contributed by atoms with Crippen molar-refractivity contribution in [1.82, 2.24) is 5.32 Å². The van der Waals surface area contributed by atoms with Gasteiger partial charge in [0.25, 0.3) is 0 Å². The van der Waals surface area contributed by atoms with Crippen LogP contribution in [0.25, 0.3) is 0 Å². The van der Waals surface area contributed by atoms with Gasteiger partial charge < -0.3 is 5.32 Å². The molecule has 13 heavy (non-hydrogen) atoms. The maximum absolute atomic E-state index is 8.66. The van der Waals surface area contributed by atoms with Crippen molar-refractivity contribution in [2.75, 3.05) is 6.54 Å². The molecule has 2 rings (SSSR count). The average molecular weight is 178 g/mol. The third-order valence-corrected chi connectivity index (χ3v) is 3.53. The molecule has 0 radical (unpaired) electrons. The van der Waals surface area contributed by atoms with Crippen molar-refractivity contribution in [1.29, 1.82) is 5.26 Å². The fourth-order valence-electron chi connectivity index (χ4n) is 2.25. The molecule has 0 aliphatic heterocycles. The van der Waals surface area contributed by atoms with Crippen LogP contribution in [0.1, 0.15) is 44.9 Å². The third-order valence-electron chi connectivity index (χ3n) is 3.53. The van der Waals surface area contributed by atoms with Crippen molar-refractivity contribution in [3.05, 3.63) is 0 Å². The topological polar surface area (TPSA) is 35.8 Å². The Bertz CT molecular complexity index is 207. The summed E-state index contributed by atoms with van der Waals surface area (Å²) in [6.45, 7) is 1.09. The Morgan fingerprint density at radius 3 is 2.54 bits per heavy atom. The Labute approximate surface area is 80.3 Å². The summed E-state index contributed by atoms with van der Waals surface area (Å²) >= 11 is 0. The molecule has 0 aromatic carbocycles. The Hall–Kier alpha value is -0.550. The molecule has 2 aliphatic carbocycles. The first kappa shape index (κ1) is 9.02. The molecule has 0 amide bonds. The molecule has 0 saturated heterocycles. The molecule has 0 bridgehead atoms. The summed E-state index contributed by atoms with van der Waals surface area (Å²) in [5.74, 6) is 0. The summed E-state index contributed by atoms with van der Waals surface area (Å²) < 4.78 is 0. The van der Waals surface area contributed by atoms with Gasteiger partial charge in [-0.25, -0.2) is 0 Å². The lowest BCUT2D eigenvalue weighted by atomic mass is 10.0. The average Bonchev–Trinajstić information content (AvgIpc) is 2.71. The van der Waals surface area contributed by atoms with Gasteiger partial charge in [0.05, 0.1) is 6.07 Å². The summed E-state index contributed by atoms with van der Waals surface area (Å²) in [6.07, 6.45) is 8.77. The summed E-state index contributed by atoms with van der Waals surface area (Å²) in [5.41, 5.74) is 0.386. The molecule has 0 heterocycles. The van der Waals surface area contributed by atoms with E-state index in [-0.39, 0.29) is 0 Å². The van der Waals surface area contributed by atoms with E-state index in [1.165, 1.54) is 38.5 Å². The van der Waals surface area contributed by atoms with Crippen molar-refractivity contribution in [3.63, 3.8) is 0 Å². The van der Waals surface area contributed by atoms with Crippen LogP contribution in [0.2, 0.25) is 0 Å². The molecule has 1 N–H and O–H groups in total. The van der Waals surface area contributed by atoms with Crippen LogP contribution in [0.3, 0.4) is 0 Å². The Kier molecular flexibility index (Phi) is 2.55. The van der Waals surface area contributed by atoms with Gasteiger partial charge in [0, 0.05) is 19.0 Å². The van der Waals surface area contributed by atoms with E-state index in [4.69, 9.17) is 5.26 Å². The van der Waals surface area contributed by atoms with Gasteiger partial charge in [0.1, 0.15) is 0 Å². The van der Waals surface area contributed by atoms with Crippen LogP contribution in [0.4, 0.5) is 0 Å². The highest BCUT2D eigenvalue weighted by Crippen LogP contribution is 2.48. The molecule has 2 aliphatic rings. The van der Waals surface area contributed by atoms with Gasteiger partial charge in [0.2, 0.25) is 0 Å². The highest BCUT2D eigenvalue weighted by atomic mass is 14.9. The quantitative estimate of drug-likeness (QED) is 0.716. The zero-order chi connectivity index (χ0) is 9.15. The molecular formula is C11H18N2. The highest BCUT2D eigenvalue weighted by Gasteiger charge is 2.42. The molecular weight excluding hydrogens is 160 g/mol. The minimum Gasteiger partial charge on any atom is -0.313 e. The normalized spacial score (nSPS) is 25.8.